The Morgan fingerprint density at radius 1 is 1.08 bits per heavy atom. The van der Waals surface area contributed by atoms with Crippen molar-refractivity contribution in [2.75, 3.05) is 15.9 Å². The van der Waals surface area contributed by atoms with Crippen LogP contribution in [0.3, 0.4) is 0 Å². The van der Waals surface area contributed by atoms with Crippen LogP contribution in [0.25, 0.3) is 0 Å². The molecule has 0 aliphatic heterocycles. The first-order valence-electron chi connectivity index (χ1n) is 7.62. The summed E-state index contributed by atoms with van der Waals surface area (Å²) in [6, 6.07) is 13.4. The zero-order valence-electron chi connectivity index (χ0n) is 14.3. The van der Waals surface area contributed by atoms with Gasteiger partial charge in [-0.15, -0.1) is 0 Å². The zero-order valence-corrected chi connectivity index (χ0v) is 15.1. The van der Waals surface area contributed by atoms with Gasteiger partial charge in [0.15, 0.2) is 0 Å². The molecule has 6 heteroatoms. The first-order valence-corrected chi connectivity index (χ1v) is 9.47. The molecular formula is C18H22N2O3S. The lowest BCUT2D eigenvalue weighted by Gasteiger charge is -2.28. The monoisotopic (exact) mass is 346 g/mol. The molecule has 0 unspecified atom stereocenters. The molecule has 2 rings (SSSR count). The number of carbonyl (C=O) groups is 1. The van der Waals surface area contributed by atoms with Gasteiger partial charge < -0.3 is 5.32 Å². The van der Waals surface area contributed by atoms with Crippen molar-refractivity contribution < 1.29 is 13.2 Å². The predicted octanol–water partition coefficient (Wildman–Crippen LogP) is 3.10. The third-order valence-corrected chi connectivity index (χ3v) is 4.98. The van der Waals surface area contributed by atoms with Crippen molar-refractivity contribution >= 4 is 27.3 Å². The number of hydrogen-bond acceptors (Lipinski definition) is 3. The molecule has 2 aromatic carbocycles. The summed E-state index contributed by atoms with van der Waals surface area (Å²) in [7, 11) is -3.60. The summed E-state index contributed by atoms with van der Waals surface area (Å²) in [5.41, 5.74) is 3.17. The Labute approximate surface area is 143 Å². The molecule has 1 amide bonds. The highest BCUT2D eigenvalue weighted by Crippen LogP contribution is 2.22. The SMILES string of the molecule is Cc1ccc(NC(=O)[C@@H](C)N(c2ccccc2)S(C)(=O)=O)c(C)c1. The van der Waals surface area contributed by atoms with Crippen LogP contribution in [0.5, 0.6) is 0 Å². The van der Waals surface area contributed by atoms with Crippen molar-refractivity contribution in [3.63, 3.8) is 0 Å². The predicted molar refractivity (Wildman–Crippen MR) is 97.8 cm³/mol. The van der Waals surface area contributed by atoms with E-state index in [0.717, 1.165) is 21.7 Å². The third-order valence-electron chi connectivity index (χ3n) is 3.74. The summed E-state index contributed by atoms with van der Waals surface area (Å²) in [6.07, 6.45) is 1.10. The minimum absolute atomic E-state index is 0.378. The van der Waals surface area contributed by atoms with Crippen molar-refractivity contribution in [2.45, 2.75) is 26.8 Å². The second-order valence-electron chi connectivity index (χ2n) is 5.88. The van der Waals surface area contributed by atoms with E-state index in [0.29, 0.717) is 11.4 Å². The van der Waals surface area contributed by atoms with E-state index in [4.69, 9.17) is 0 Å². The molecular weight excluding hydrogens is 324 g/mol. The van der Waals surface area contributed by atoms with E-state index >= 15 is 0 Å². The summed E-state index contributed by atoms with van der Waals surface area (Å²) in [4.78, 5) is 12.6. The first-order chi connectivity index (χ1) is 11.2. The molecule has 0 aromatic heterocycles. The van der Waals surface area contributed by atoms with Crippen LogP contribution < -0.4 is 9.62 Å². The Hall–Kier alpha value is -2.34. The molecule has 1 N–H and O–H groups in total. The Kier molecular flexibility index (Phi) is 5.29. The molecule has 0 saturated heterocycles. The Balaban J connectivity index is 2.29. The van der Waals surface area contributed by atoms with Crippen molar-refractivity contribution in [3.05, 3.63) is 59.7 Å². The number of aryl methyl sites for hydroxylation is 2. The lowest BCUT2D eigenvalue weighted by atomic mass is 10.1. The lowest BCUT2D eigenvalue weighted by Crippen LogP contribution is -2.45. The fourth-order valence-corrected chi connectivity index (χ4v) is 3.75. The van der Waals surface area contributed by atoms with Gasteiger partial charge in [0.2, 0.25) is 15.9 Å². The maximum absolute atomic E-state index is 12.6. The van der Waals surface area contributed by atoms with E-state index in [1.807, 2.05) is 32.0 Å². The Morgan fingerprint density at radius 3 is 2.25 bits per heavy atom. The normalized spacial score (nSPS) is 12.5. The summed E-state index contributed by atoms with van der Waals surface area (Å²) < 4.78 is 25.5. The van der Waals surface area contributed by atoms with Gasteiger partial charge in [0.1, 0.15) is 6.04 Å². The summed E-state index contributed by atoms with van der Waals surface area (Å²) in [5.74, 6) is -0.378. The highest BCUT2D eigenvalue weighted by Gasteiger charge is 2.29. The number of nitrogens with one attached hydrogen (secondary N) is 1. The first kappa shape index (κ1) is 18.0. The quantitative estimate of drug-likeness (QED) is 0.905. The van der Waals surface area contributed by atoms with Crippen LogP contribution in [0.2, 0.25) is 0 Å². The number of hydrogen-bond donors (Lipinski definition) is 1. The van der Waals surface area contributed by atoms with Crippen LogP contribution in [0.4, 0.5) is 11.4 Å². The van der Waals surface area contributed by atoms with Gasteiger partial charge in [0.25, 0.3) is 0 Å². The molecule has 1 atom stereocenters. The maximum atomic E-state index is 12.6. The second-order valence-corrected chi connectivity index (χ2v) is 7.74. The van der Waals surface area contributed by atoms with Crippen molar-refractivity contribution in [2.24, 2.45) is 0 Å². The molecule has 0 fully saturated rings. The maximum Gasteiger partial charge on any atom is 0.248 e. The van der Waals surface area contributed by atoms with E-state index in [2.05, 4.69) is 5.32 Å². The second kappa shape index (κ2) is 7.05. The fraction of sp³-hybridized carbons (Fsp3) is 0.278. The standard InChI is InChI=1S/C18H22N2O3S/c1-13-10-11-17(14(2)12-13)19-18(21)15(3)20(24(4,22)23)16-8-6-5-7-9-16/h5-12,15H,1-4H3,(H,19,21)/t15-/m1/s1. The molecule has 2 aromatic rings. The van der Waals surface area contributed by atoms with Gasteiger partial charge in [-0.1, -0.05) is 35.9 Å². The van der Waals surface area contributed by atoms with Crippen molar-refractivity contribution in [1.82, 2.24) is 0 Å². The number of nitrogens with zero attached hydrogens (tertiary/aromatic N) is 1. The third kappa shape index (κ3) is 4.14. The highest BCUT2D eigenvalue weighted by molar-refractivity contribution is 7.92. The molecule has 128 valence electrons. The Bertz CT molecular complexity index is 833. The average molecular weight is 346 g/mol. The van der Waals surface area contributed by atoms with Gasteiger partial charge in [0.05, 0.1) is 11.9 Å². The van der Waals surface area contributed by atoms with Crippen LogP contribution in [-0.2, 0) is 14.8 Å². The summed E-state index contributed by atoms with van der Waals surface area (Å²) >= 11 is 0. The average Bonchev–Trinajstić information content (AvgIpc) is 2.49. The molecule has 0 heterocycles. The number of para-hydroxylation sites is 1. The van der Waals surface area contributed by atoms with Crippen LogP contribution in [0.1, 0.15) is 18.1 Å². The van der Waals surface area contributed by atoms with Gasteiger partial charge in [-0.2, -0.15) is 0 Å². The molecule has 0 radical (unpaired) electrons. The van der Waals surface area contributed by atoms with Gasteiger partial charge in [-0.05, 0) is 44.5 Å². The minimum atomic E-state index is -3.60. The molecule has 24 heavy (non-hydrogen) atoms. The molecule has 0 aliphatic carbocycles. The molecule has 0 spiro atoms. The van der Waals surface area contributed by atoms with E-state index in [1.165, 1.54) is 0 Å². The van der Waals surface area contributed by atoms with Crippen LogP contribution in [0.15, 0.2) is 48.5 Å². The smallest absolute Gasteiger partial charge is 0.248 e. The van der Waals surface area contributed by atoms with Gasteiger partial charge in [-0.3, -0.25) is 9.10 Å². The molecule has 5 nitrogen and oxygen atoms in total. The van der Waals surface area contributed by atoms with Crippen LogP contribution >= 0.6 is 0 Å². The van der Waals surface area contributed by atoms with Crippen LogP contribution in [-0.4, -0.2) is 26.6 Å². The van der Waals surface area contributed by atoms with E-state index in [9.17, 15) is 13.2 Å². The van der Waals surface area contributed by atoms with E-state index < -0.39 is 16.1 Å². The Morgan fingerprint density at radius 2 is 1.71 bits per heavy atom. The van der Waals surface area contributed by atoms with Crippen molar-refractivity contribution in [3.8, 4) is 0 Å². The zero-order chi connectivity index (χ0) is 17.9. The van der Waals surface area contributed by atoms with Gasteiger partial charge >= 0.3 is 0 Å². The number of amides is 1. The van der Waals surface area contributed by atoms with Crippen molar-refractivity contribution in [1.29, 1.82) is 0 Å². The number of carbonyl (C=O) groups excluding carboxylic acids is 1. The highest BCUT2D eigenvalue weighted by atomic mass is 32.2. The largest absolute Gasteiger partial charge is 0.324 e. The molecule has 0 saturated carbocycles. The molecule has 0 bridgehead atoms. The van der Waals surface area contributed by atoms with Crippen LogP contribution in [0, 0.1) is 13.8 Å². The number of benzene rings is 2. The number of rotatable bonds is 5. The topological polar surface area (TPSA) is 66.5 Å². The minimum Gasteiger partial charge on any atom is -0.324 e. The van der Waals surface area contributed by atoms with Gasteiger partial charge in [0, 0.05) is 5.69 Å². The summed E-state index contributed by atoms with van der Waals surface area (Å²) in [6.45, 7) is 5.45. The fourth-order valence-electron chi connectivity index (χ4n) is 2.57. The van der Waals surface area contributed by atoms with E-state index in [-0.39, 0.29) is 5.91 Å². The van der Waals surface area contributed by atoms with E-state index in [1.54, 1.807) is 37.3 Å². The molecule has 0 aliphatic rings. The number of anilines is 2. The summed E-state index contributed by atoms with van der Waals surface area (Å²) in [5, 5.41) is 2.81. The lowest BCUT2D eigenvalue weighted by molar-refractivity contribution is -0.116. The number of sulfonamides is 1. The van der Waals surface area contributed by atoms with Gasteiger partial charge in [-0.25, -0.2) is 8.42 Å².